The second kappa shape index (κ2) is 11.3. The van der Waals surface area contributed by atoms with Crippen molar-refractivity contribution >= 4 is 0 Å². The Labute approximate surface area is 176 Å². The number of benzene rings is 1. The molecule has 0 atom stereocenters. The number of rotatable bonds is 8. The van der Waals surface area contributed by atoms with Gasteiger partial charge in [-0.05, 0) is 87.8 Å². The predicted octanol–water partition coefficient (Wildman–Crippen LogP) is 3.00. The summed E-state index contributed by atoms with van der Waals surface area (Å²) >= 11 is 0. The fraction of sp³-hybridized carbons (Fsp3) is 0.750. The van der Waals surface area contributed by atoms with Crippen molar-refractivity contribution in [3.63, 3.8) is 0 Å². The normalized spacial score (nSPS) is 23.3. The zero-order chi connectivity index (χ0) is 19.7. The fourth-order valence-electron chi connectivity index (χ4n) is 5.15. The highest BCUT2D eigenvalue weighted by atomic mass is 16.5. The van der Waals surface area contributed by atoms with Crippen LogP contribution < -0.4 is 10.1 Å². The lowest BCUT2D eigenvalue weighted by molar-refractivity contribution is 0.0358. The number of morpholine rings is 1. The second-order valence-electron chi connectivity index (χ2n) is 9.00. The van der Waals surface area contributed by atoms with Gasteiger partial charge in [-0.2, -0.15) is 0 Å². The van der Waals surface area contributed by atoms with Crippen molar-refractivity contribution in [1.82, 2.24) is 15.1 Å². The fourth-order valence-corrected chi connectivity index (χ4v) is 5.15. The van der Waals surface area contributed by atoms with Gasteiger partial charge in [-0.1, -0.05) is 12.1 Å². The molecule has 162 valence electrons. The summed E-state index contributed by atoms with van der Waals surface area (Å²) in [6.07, 6.45) is 6.62. The average Bonchev–Trinajstić information content (AvgIpc) is 2.80. The van der Waals surface area contributed by atoms with Crippen LogP contribution >= 0.6 is 0 Å². The summed E-state index contributed by atoms with van der Waals surface area (Å²) in [5.41, 5.74) is 1.41. The Balaban J connectivity index is 1.12. The maximum atomic E-state index is 5.95. The number of hydrogen-bond acceptors (Lipinski definition) is 5. The minimum atomic E-state index is 0.793. The van der Waals surface area contributed by atoms with E-state index in [0.29, 0.717) is 0 Å². The van der Waals surface area contributed by atoms with Gasteiger partial charge in [0.25, 0.3) is 0 Å². The Hall–Kier alpha value is -1.14. The maximum absolute atomic E-state index is 5.95. The summed E-state index contributed by atoms with van der Waals surface area (Å²) in [5, 5.41) is 3.50. The monoisotopic (exact) mass is 401 g/mol. The number of piperidine rings is 2. The van der Waals surface area contributed by atoms with Gasteiger partial charge < -0.3 is 14.8 Å². The van der Waals surface area contributed by atoms with Crippen molar-refractivity contribution in [1.29, 1.82) is 0 Å². The van der Waals surface area contributed by atoms with E-state index in [-0.39, 0.29) is 0 Å². The van der Waals surface area contributed by atoms with Crippen molar-refractivity contribution in [3.8, 4) is 5.75 Å². The van der Waals surface area contributed by atoms with Crippen LogP contribution in [0, 0.1) is 11.8 Å². The van der Waals surface area contributed by atoms with Gasteiger partial charge in [0.15, 0.2) is 0 Å². The summed E-state index contributed by atoms with van der Waals surface area (Å²) in [7, 11) is 0. The number of hydrogen-bond donors (Lipinski definition) is 1. The van der Waals surface area contributed by atoms with Crippen LogP contribution in [0.2, 0.25) is 0 Å². The summed E-state index contributed by atoms with van der Waals surface area (Å²) in [5.74, 6) is 2.93. The molecule has 1 aromatic carbocycles. The molecule has 3 aliphatic rings. The van der Waals surface area contributed by atoms with Crippen LogP contribution in [0.15, 0.2) is 24.3 Å². The zero-order valence-corrected chi connectivity index (χ0v) is 18.0. The molecule has 0 bridgehead atoms. The zero-order valence-electron chi connectivity index (χ0n) is 18.0. The highest BCUT2D eigenvalue weighted by molar-refractivity contribution is 5.27. The highest BCUT2D eigenvalue weighted by Crippen LogP contribution is 2.31. The molecule has 1 N–H and O–H groups in total. The van der Waals surface area contributed by atoms with Crippen LogP contribution in [0.3, 0.4) is 0 Å². The molecule has 3 aliphatic heterocycles. The Bertz CT molecular complexity index is 574. The van der Waals surface area contributed by atoms with Gasteiger partial charge in [0.05, 0.1) is 19.8 Å². The van der Waals surface area contributed by atoms with Crippen molar-refractivity contribution in [2.24, 2.45) is 11.8 Å². The second-order valence-corrected chi connectivity index (χ2v) is 9.00. The minimum absolute atomic E-state index is 0.793. The topological polar surface area (TPSA) is 37.0 Å². The molecule has 0 radical (unpaired) electrons. The SMILES string of the molecule is c1cc(OCCCN2CCOCC2)ccc1CN1CCC(C2CCNCC2)CC1. The summed E-state index contributed by atoms with van der Waals surface area (Å²) in [6, 6.07) is 8.78. The van der Waals surface area contributed by atoms with Crippen LogP contribution in [-0.4, -0.2) is 75.4 Å². The van der Waals surface area contributed by atoms with Crippen molar-refractivity contribution in [2.75, 3.05) is 65.6 Å². The summed E-state index contributed by atoms with van der Waals surface area (Å²) in [4.78, 5) is 5.10. The van der Waals surface area contributed by atoms with E-state index < -0.39 is 0 Å². The molecule has 3 fully saturated rings. The first-order valence-corrected chi connectivity index (χ1v) is 11.8. The Kier molecular flexibility index (Phi) is 8.23. The highest BCUT2D eigenvalue weighted by Gasteiger charge is 2.27. The van der Waals surface area contributed by atoms with Gasteiger partial charge in [0, 0.05) is 26.2 Å². The molecule has 0 spiro atoms. The molecule has 0 amide bonds. The van der Waals surface area contributed by atoms with Crippen molar-refractivity contribution in [2.45, 2.75) is 38.6 Å². The van der Waals surface area contributed by atoms with E-state index in [0.717, 1.165) is 70.0 Å². The van der Waals surface area contributed by atoms with Crippen LogP contribution in [0.1, 0.15) is 37.7 Å². The van der Waals surface area contributed by atoms with E-state index >= 15 is 0 Å². The number of likely N-dealkylation sites (tertiary alicyclic amines) is 1. The lowest BCUT2D eigenvalue weighted by Crippen LogP contribution is -2.39. The smallest absolute Gasteiger partial charge is 0.119 e. The summed E-state index contributed by atoms with van der Waals surface area (Å²) < 4.78 is 11.3. The first-order valence-electron chi connectivity index (χ1n) is 11.8. The molecular weight excluding hydrogens is 362 g/mol. The van der Waals surface area contributed by atoms with Gasteiger partial charge in [0.1, 0.15) is 5.75 Å². The molecule has 29 heavy (non-hydrogen) atoms. The minimum Gasteiger partial charge on any atom is -0.494 e. The van der Waals surface area contributed by atoms with Gasteiger partial charge in [-0.25, -0.2) is 0 Å². The molecule has 0 unspecified atom stereocenters. The Morgan fingerprint density at radius 1 is 0.862 bits per heavy atom. The maximum Gasteiger partial charge on any atom is 0.119 e. The molecule has 0 aromatic heterocycles. The van der Waals surface area contributed by atoms with E-state index in [9.17, 15) is 0 Å². The van der Waals surface area contributed by atoms with E-state index in [4.69, 9.17) is 9.47 Å². The Morgan fingerprint density at radius 2 is 1.55 bits per heavy atom. The van der Waals surface area contributed by atoms with Gasteiger partial charge in [-0.15, -0.1) is 0 Å². The van der Waals surface area contributed by atoms with Crippen LogP contribution in [0.5, 0.6) is 5.75 Å². The molecule has 5 nitrogen and oxygen atoms in total. The third-order valence-electron chi connectivity index (χ3n) is 7.00. The van der Waals surface area contributed by atoms with Gasteiger partial charge >= 0.3 is 0 Å². The molecule has 1 aromatic rings. The number of ether oxygens (including phenoxy) is 2. The standard InChI is InChI=1S/C24H39N3O2/c1(12-26-15-18-28-19-16-26)17-29-24-4-2-21(3-5-24)20-27-13-8-23(9-14-27)22-6-10-25-11-7-22/h2-5,22-23,25H,1,6-20H2. The van der Waals surface area contributed by atoms with Gasteiger partial charge in [0.2, 0.25) is 0 Å². The van der Waals surface area contributed by atoms with Gasteiger partial charge in [-0.3, -0.25) is 9.80 Å². The molecule has 0 aliphatic carbocycles. The van der Waals surface area contributed by atoms with Crippen LogP contribution in [0.25, 0.3) is 0 Å². The average molecular weight is 402 g/mol. The van der Waals surface area contributed by atoms with Crippen LogP contribution in [-0.2, 0) is 11.3 Å². The first-order chi connectivity index (χ1) is 14.4. The molecular formula is C24H39N3O2. The number of nitrogens with one attached hydrogen (secondary N) is 1. The molecule has 5 heteroatoms. The third kappa shape index (κ3) is 6.68. The van der Waals surface area contributed by atoms with Crippen molar-refractivity contribution < 1.29 is 9.47 Å². The van der Waals surface area contributed by atoms with Crippen molar-refractivity contribution in [3.05, 3.63) is 29.8 Å². The Morgan fingerprint density at radius 3 is 2.28 bits per heavy atom. The van der Waals surface area contributed by atoms with Crippen LogP contribution in [0.4, 0.5) is 0 Å². The largest absolute Gasteiger partial charge is 0.494 e. The predicted molar refractivity (Wildman–Crippen MR) is 117 cm³/mol. The summed E-state index contributed by atoms with van der Waals surface area (Å²) in [6.45, 7) is 11.8. The molecule has 3 saturated heterocycles. The molecule has 0 saturated carbocycles. The lowest BCUT2D eigenvalue weighted by Gasteiger charge is -2.37. The van der Waals surface area contributed by atoms with E-state index in [2.05, 4.69) is 39.4 Å². The lowest BCUT2D eigenvalue weighted by atomic mass is 9.79. The quantitative estimate of drug-likeness (QED) is 0.678. The first kappa shape index (κ1) is 21.1. The van der Waals surface area contributed by atoms with E-state index in [1.54, 1.807) is 0 Å². The molecule has 3 heterocycles. The van der Waals surface area contributed by atoms with E-state index in [1.807, 2.05) is 0 Å². The number of nitrogens with zero attached hydrogens (tertiary/aromatic N) is 2. The van der Waals surface area contributed by atoms with E-state index in [1.165, 1.54) is 57.4 Å². The third-order valence-corrected chi connectivity index (χ3v) is 7.00. The molecule has 4 rings (SSSR count).